The third-order valence-electron chi connectivity index (χ3n) is 3.93. The van der Waals surface area contributed by atoms with Crippen LogP contribution in [-0.4, -0.2) is 53.4 Å². The summed E-state index contributed by atoms with van der Waals surface area (Å²) in [5.41, 5.74) is 0.458. The van der Waals surface area contributed by atoms with Crippen molar-refractivity contribution in [2.75, 3.05) is 6.61 Å². The van der Waals surface area contributed by atoms with E-state index in [2.05, 4.69) is 41.4 Å². The standard InChI is InChI=1S/C13H21N2O2.C4HF9O3S/c1-4-14-8-9-15(11-14)7-5-6-10-17-13(16)12(2)3;5-1(6,3(9,10)11)2(7,8)4(12,13)17(14,15)16/h8-9,11H,2,4-7,10H2,1,3H3;(H,14,15,16)/q+1;/p-1. The highest BCUT2D eigenvalue weighted by atomic mass is 32.2. The zero-order chi connectivity index (χ0) is 27.2. The van der Waals surface area contributed by atoms with Gasteiger partial charge in [-0.1, -0.05) is 6.58 Å². The van der Waals surface area contributed by atoms with Crippen molar-refractivity contribution < 1.29 is 66.6 Å². The van der Waals surface area contributed by atoms with Gasteiger partial charge in [-0.3, -0.25) is 0 Å². The van der Waals surface area contributed by atoms with Crippen molar-refractivity contribution in [3.63, 3.8) is 0 Å². The summed E-state index contributed by atoms with van der Waals surface area (Å²) in [5.74, 6) is -15.1. The number of hydrogen-bond acceptors (Lipinski definition) is 5. The van der Waals surface area contributed by atoms with Crippen LogP contribution in [0.25, 0.3) is 0 Å². The number of aromatic nitrogens is 2. The molecule has 0 aliphatic rings. The summed E-state index contributed by atoms with van der Waals surface area (Å²) in [4.78, 5) is 11.1. The first kappa shape index (κ1) is 31.7. The lowest BCUT2D eigenvalue weighted by atomic mass is 10.1. The molecule has 1 rings (SSSR count). The number of esters is 1. The molecule has 0 bridgehead atoms. The molecule has 0 aliphatic heterocycles. The molecule has 0 saturated carbocycles. The molecule has 0 saturated heterocycles. The maximum atomic E-state index is 12.2. The Bertz CT molecular complexity index is 943. The molecule has 198 valence electrons. The average molecular weight is 536 g/mol. The largest absolute Gasteiger partial charge is 0.743 e. The molecular weight excluding hydrogens is 515 g/mol. The Balaban J connectivity index is 0.000000641. The van der Waals surface area contributed by atoms with E-state index in [1.807, 2.05) is 0 Å². The van der Waals surface area contributed by atoms with Gasteiger partial charge in [0.2, 0.25) is 6.33 Å². The Hall–Kier alpha value is -2.30. The van der Waals surface area contributed by atoms with Crippen LogP contribution < -0.4 is 4.57 Å². The number of aryl methyl sites for hydroxylation is 2. The molecule has 0 radical (unpaired) electrons. The van der Waals surface area contributed by atoms with Gasteiger partial charge in [0.05, 0.1) is 19.7 Å². The minimum Gasteiger partial charge on any atom is -0.743 e. The van der Waals surface area contributed by atoms with Crippen LogP contribution in [0.5, 0.6) is 0 Å². The minimum absolute atomic E-state index is 0.296. The highest BCUT2D eigenvalue weighted by Gasteiger charge is 2.83. The molecule has 0 aromatic carbocycles. The fraction of sp³-hybridized carbons (Fsp3) is 0.647. The van der Waals surface area contributed by atoms with Gasteiger partial charge in [-0.05, 0) is 26.7 Å². The maximum absolute atomic E-state index is 12.2. The molecule has 0 aliphatic carbocycles. The predicted octanol–water partition coefficient (Wildman–Crippen LogP) is 3.65. The van der Waals surface area contributed by atoms with Crippen molar-refractivity contribution in [2.45, 2.75) is 63.1 Å². The van der Waals surface area contributed by atoms with E-state index in [-0.39, 0.29) is 5.97 Å². The minimum atomic E-state index is -7.43. The van der Waals surface area contributed by atoms with Gasteiger partial charge in [-0.25, -0.2) is 22.3 Å². The lowest BCUT2D eigenvalue weighted by molar-refractivity contribution is -0.696. The second-order valence-electron chi connectivity index (χ2n) is 6.72. The van der Waals surface area contributed by atoms with E-state index in [4.69, 9.17) is 4.74 Å². The second-order valence-corrected chi connectivity index (χ2v) is 8.14. The highest BCUT2D eigenvalue weighted by Crippen LogP contribution is 2.54. The van der Waals surface area contributed by atoms with Crippen molar-refractivity contribution in [3.8, 4) is 0 Å². The van der Waals surface area contributed by atoms with Crippen LogP contribution in [-0.2, 0) is 32.7 Å². The number of imidazole rings is 1. The Morgan fingerprint density at radius 3 is 1.97 bits per heavy atom. The molecule has 0 atom stereocenters. The predicted molar refractivity (Wildman–Crippen MR) is 95.9 cm³/mol. The van der Waals surface area contributed by atoms with Gasteiger partial charge in [0.25, 0.3) is 0 Å². The fourth-order valence-electron chi connectivity index (χ4n) is 1.96. The zero-order valence-electron chi connectivity index (χ0n) is 17.7. The average Bonchev–Trinajstić information content (AvgIpc) is 3.14. The number of hydrogen-bond donors (Lipinski definition) is 0. The molecular formula is C17H21F9N2O5S. The lowest BCUT2D eigenvalue weighted by Crippen LogP contribution is -2.63. The molecule has 1 aromatic heterocycles. The molecule has 7 nitrogen and oxygen atoms in total. The van der Waals surface area contributed by atoms with E-state index in [0.717, 1.165) is 25.9 Å². The van der Waals surface area contributed by atoms with Gasteiger partial charge < -0.3 is 9.29 Å². The molecule has 34 heavy (non-hydrogen) atoms. The fourth-order valence-corrected chi connectivity index (χ4v) is 2.40. The molecule has 0 spiro atoms. The summed E-state index contributed by atoms with van der Waals surface area (Å²) >= 11 is 0. The number of rotatable bonds is 10. The van der Waals surface area contributed by atoms with Crippen molar-refractivity contribution in [1.82, 2.24) is 4.57 Å². The van der Waals surface area contributed by atoms with Crippen molar-refractivity contribution in [2.24, 2.45) is 0 Å². The van der Waals surface area contributed by atoms with Crippen LogP contribution >= 0.6 is 0 Å². The first-order valence-corrected chi connectivity index (χ1v) is 10.6. The number of carbonyl (C=O) groups is 1. The molecule has 1 aromatic rings. The quantitative estimate of drug-likeness (QED) is 0.114. The number of carbonyl (C=O) groups excluding carboxylic acids is 1. The smallest absolute Gasteiger partial charge is 0.460 e. The first-order chi connectivity index (χ1) is 15.1. The van der Waals surface area contributed by atoms with Crippen LogP contribution in [0.15, 0.2) is 30.9 Å². The summed E-state index contributed by atoms with van der Waals surface area (Å²) in [6, 6.07) is 0. The van der Waals surface area contributed by atoms with E-state index in [0.29, 0.717) is 12.2 Å². The van der Waals surface area contributed by atoms with Crippen LogP contribution in [0.1, 0.15) is 26.7 Å². The number of ether oxygens (including phenoxy) is 1. The molecule has 0 fully saturated rings. The van der Waals surface area contributed by atoms with Crippen LogP contribution in [0, 0.1) is 0 Å². The van der Waals surface area contributed by atoms with Crippen LogP contribution in [0.2, 0.25) is 0 Å². The Kier molecular flexibility index (Phi) is 10.6. The van der Waals surface area contributed by atoms with Gasteiger partial charge in [0.1, 0.15) is 12.4 Å². The summed E-state index contributed by atoms with van der Waals surface area (Å²) < 4.78 is 145. The second kappa shape index (κ2) is 11.4. The van der Waals surface area contributed by atoms with Gasteiger partial charge >= 0.3 is 29.2 Å². The Morgan fingerprint density at radius 1 is 1.06 bits per heavy atom. The van der Waals surface area contributed by atoms with E-state index in [1.54, 1.807) is 6.92 Å². The van der Waals surface area contributed by atoms with Gasteiger partial charge in [0.15, 0.2) is 10.1 Å². The number of alkyl halides is 9. The molecule has 1 heterocycles. The van der Waals surface area contributed by atoms with E-state index in [1.165, 1.54) is 0 Å². The van der Waals surface area contributed by atoms with E-state index >= 15 is 0 Å². The normalized spacial score (nSPS) is 13.2. The molecule has 0 amide bonds. The van der Waals surface area contributed by atoms with E-state index in [9.17, 15) is 57.3 Å². The number of unbranched alkanes of at least 4 members (excludes halogenated alkanes) is 1. The number of nitrogens with zero attached hydrogens (tertiary/aromatic N) is 2. The molecule has 0 N–H and O–H groups in total. The van der Waals surface area contributed by atoms with Crippen LogP contribution in [0.3, 0.4) is 0 Å². The molecule has 17 heteroatoms. The maximum Gasteiger partial charge on any atom is 0.460 e. The molecule has 0 unspecified atom stereocenters. The zero-order valence-corrected chi connectivity index (χ0v) is 18.5. The monoisotopic (exact) mass is 536 g/mol. The summed E-state index contributed by atoms with van der Waals surface area (Å²) in [7, 11) is -7.42. The first-order valence-electron chi connectivity index (χ1n) is 9.16. The lowest BCUT2D eigenvalue weighted by Gasteiger charge is -2.34. The Labute approximate surface area is 188 Å². The topological polar surface area (TPSA) is 92.3 Å². The van der Waals surface area contributed by atoms with Crippen molar-refractivity contribution in [3.05, 3.63) is 30.9 Å². The third-order valence-corrected chi connectivity index (χ3v) is 4.82. The highest BCUT2D eigenvalue weighted by molar-refractivity contribution is 7.86. The van der Waals surface area contributed by atoms with Gasteiger partial charge in [0, 0.05) is 5.57 Å². The Morgan fingerprint density at radius 2 is 1.59 bits per heavy atom. The van der Waals surface area contributed by atoms with Gasteiger partial charge in [-0.2, -0.15) is 39.5 Å². The van der Waals surface area contributed by atoms with Crippen LogP contribution in [0.4, 0.5) is 39.5 Å². The van der Waals surface area contributed by atoms with Gasteiger partial charge in [-0.15, -0.1) is 0 Å². The number of halogens is 9. The SMILES string of the molecule is C=C(C)C(=O)OCCCC[n+]1ccn(CC)c1.O=S(=O)([O-])C(F)(F)C(F)(F)C(F)(F)C(F)(F)F. The summed E-state index contributed by atoms with van der Waals surface area (Å²) in [6.45, 7) is 9.72. The third kappa shape index (κ3) is 7.61. The van der Waals surface area contributed by atoms with Crippen molar-refractivity contribution in [1.29, 1.82) is 0 Å². The van der Waals surface area contributed by atoms with Crippen molar-refractivity contribution >= 4 is 16.1 Å². The summed E-state index contributed by atoms with van der Waals surface area (Å²) in [6.07, 6.45) is 0.917. The van der Waals surface area contributed by atoms with E-state index < -0.39 is 33.4 Å². The summed E-state index contributed by atoms with van der Waals surface area (Å²) in [5, 5.41) is -7.11.